The third kappa shape index (κ3) is 2.79. The lowest BCUT2D eigenvalue weighted by atomic mass is 10.1. The second kappa shape index (κ2) is 5.93. The topological polar surface area (TPSA) is 54.5 Å². The van der Waals surface area contributed by atoms with E-state index in [-0.39, 0.29) is 23.5 Å². The average Bonchev–Trinajstić information content (AvgIpc) is 2.94. The Morgan fingerprint density at radius 2 is 1.70 bits per heavy atom. The molecule has 4 nitrogen and oxygen atoms in total. The zero-order valence-electron chi connectivity index (χ0n) is 11.7. The van der Waals surface area contributed by atoms with Crippen LogP contribution in [0.4, 0.5) is 13.2 Å². The van der Waals surface area contributed by atoms with Gasteiger partial charge in [-0.1, -0.05) is 35.5 Å². The number of nitriles is 1. The van der Waals surface area contributed by atoms with Crippen LogP contribution >= 0.6 is 0 Å². The Hall–Kier alpha value is -3.14. The largest absolute Gasteiger partial charge is 0.239 e. The molecule has 0 aliphatic heterocycles. The van der Waals surface area contributed by atoms with E-state index in [4.69, 9.17) is 5.26 Å². The summed E-state index contributed by atoms with van der Waals surface area (Å²) in [5.74, 6) is -3.50. The lowest BCUT2D eigenvalue weighted by Crippen LogP contribution is -2.06. The Morgan fingerprint density at radius 1 is 1.00 bits per heavy atom. The van der Waals surface area contributed by atoms with Gasteiger partial charge in [-0.3, -0.25) is 0 Å². The first-order valence-corrected chi connectivity index (χ1v) is 6.62. The summed E-state index contributed by atoms with van der Waals surface area (Å²) in [6.07, 6.45) is 0. The molecule has 7 heteroatoms. The Morgan fingerprint density at radius 3 is 2.39 bits per heavy atom. The van der Waals surface area contributed by atoms with E-state index in [1.54, 1.807) is 6.07 Å². The molecule has 0 unspecified atom stereocenters. The highest BCUT2D eigenvalue weighted by atomic mass is 19.2. The number of nitrogens with zero attached hydrogens (tertiary/aromatic N) is 4. The zero-order valence-corrected chi connectivity index (χ0v) is 11.7. The van der Waals surface area contributed by atoms with Gasteiger partial charge in [-0.2, -0.15) is 5.26 Å². The van der Waals surface area contributed by atoms with Gasteiger partial charge in [0.2, 0.25) is 0 Å². The second-order valence-electron chi connectivity index (χ2n) is 4.79. The second-order valence-corrected chi connectivity index (χ2v) is 4.79. The van der Waals surface area contributed by atoms with Crippen LogP contribution < -0.4 is 0 Å². The summed E-state index contributed by atoms with van der Waals surface area (Å²) in [4.78, 5) is 0. The SMILES string of the molecule is N#Cc1nnn(Cc2ccccc2)c1-c1cc(F)c(F)cc1F. The maximum Gasteiger partial charge on any atom is 0.190 e. The molecule has 0 spiro atoms. The molecule has 0 atom stereocenters. The van der Waals surface area contributed by atoms with Gasteiger partial charge in [0.25, 0.3) is 0 Å². The number of benzene rings is 2. The van der Waals surface area contributed by atoms with E-state index in [0.29, 0.717) is 12.1 Å². The van der Waals surface area contributed by atoms with Gasteiger partial charge < -0.3 is 0 Å². The van der Waals surface area contributed by atoms with E-state index in [1.165, 1.54) is 4.68 Å². The van der Waals surface area contributed by atoms with Gasteiger partial charge in [-0.15, -0.1) is 5.10 Å². The van der Waals surface area contributed by atoms with Crippen LogP contribution in [0.1, 0.15) is 11.3 Å². The van der Waals surface area contributed by atoms with Crippen molar-refractivity contribution in [3.05, 3.63) is 71.2 Å². The fraction of sp³-hybridized carbons (Fsp3) is 0.0625. The zero-order chi connectivity index (χ0) is 16.4. The molecule has 0 N–H and O–H groups in total. The summed E-state index contributed by atoms with van der Waals surface area (Å²) >= 11 is 0. The number of aromatic nitrogens is 3. The first kappa shape index (κ1) is 14.8. The van der Waals surface area contributed by atoms with Crippen molar-refractivity contribution in [3.8, 4) is 17.3 Å². The van der Waals surface area contributed by atoms with Gasteiger partial charge >= 0.3 is 0 Å². The van der Waals surface area contributed by atoms with Crippen molar-refractivity contribution < 1.29 is 13.2 Å². The van der Waals surface area contributed by atoms with Crippen LogP contribution in [0.25, 0.3) is 11.3 Å². The van der Waals surface area contributed by atoms with E-state index in [0.717, 1.165) is 5.56 Å². The van der Waals surface area contributed by atoms with Crippen molar-refractivity contribution >= 4 is 0 Å². The monoisotopic (exact) mass is 314 g/mol. The summed E-state index contributed by atoms with van der Waals surface area (Å²) in [5.41, 5.74) is 0.422. The van der Waals surface area contributed by atoms with Crippen LogP contribution in [0.5, 0.6) is 0 Å². The molecule has 114 valence electrons. The molecule has 1 heterocycles. The lowest BCUT2D eigenvalue weighted by Gasteiger charge is -2.08. The number of halogens is 3. The molecule has 0 radical (unpaired) electrons. The van der Waals surface area contributed by atoms with Gasteiger partial charge in [0.1, 0.15) is 17.6 Å². The highest BCUT2D eigenvalue weighted by Crippen LogP contribution is 2.27. The van der Waals surface area contributed by atoms with Gasteiger partial charge in [-0.25, -0.2) is 17.9 Å². The van der Waals surface area contributed by atoms with E-state index in [9.17, 15) is 13.2 Å². The maximum absolute atomic E-state index is 14.0. The molecule has 0 saturated carbocycles. The van der Waals surface area contributed by atoms with Crippen LogP contribution in [0, 0.1) is 28.8 Å². The number of hydrogen-bond acceptors (Lipinski definition) is 3. The van der Waals surface area contributed by atoms with E-state index >= 15 is 0 Å². The third-order valence-electron chi connectivity index (χ3n) is 3.28. The standard InChI is InChI=1S/C16H9F3N4/c17-12-7-14(19)13(18)6-11(12)16-15(8-20)21-22-23(16)9-10-4-2-1-3-5-10/h1-7H,9H2. The van der Waals surface area contributed by atoms with Crippen LogP contribution in [-0.2, 0) is 6.54 Å². The van der Waals surface area contributed by atoms with Gasteiger partial charge in [0.05, 0.1) is 6.54 Å². The first-order valence-electron chi connectivity index (χ1n) is 6.62. The molecule has 0 fully saturated rings. The van der Waals surface area contributed by atoms with Crippen molar-refractivity contribution in [1.82, 2.24) is 15.0 Å². The Kier molecular flexibility index (Phi) is 3.81. The Labute approximate surface area is 129 Å². The molecule has 0 aliphatic rings. The minimum absolute atomic E-state index is 0.00718. The molecule has 1 aromatic heterocycles. The van der Waals surface area contributed by atoms with E-state index < -0.39 is 17.5 Å². The minimum atomic E-state index is -1.30. The number of hydrogen-bond donors (Lipinski definition) is 0. The van der Waals surface area contributed by atoms with Crippen molar-refractivity contribution in [2.24, 2.45) is 0 Å². The van der Waals surface area contributed by atoms with E-state index in [1.807, 2.05) is 30.3 Å². The smallest absolute Gasteiger partial charge is 0.190 e. The summed E-state index contributed by atoms with van der Waals surface area (Å²) in [7, 11) is 0. The molecule has 3 rings (SSSR count). The maximum atomic E-state index is 14.0. The lowest BCUT2D eigenvalue weighted by molar-refractivity contribution is 0.495. The van der Waals surface area contributed by atoms with Crippen LogP contribution in [0.15, 0.2) is 42.5 Å². The molecule has 0 amide bonds. The summed E-state index contributed by atoms with van der Waals surface area (Å²) in [5, 5.41) is 16.6. The molecule has 2 aromatic carbocycles. The van der Waals surface area contributed by atoms with Crippen LogP contribution in [0.2, 0.25) is 0 Å². The molecule has 0 bridgehead atoms. The Balaban J connectivity index is 2.14. The van der Waals surface area contributed by atoms with Gasteiger partial charge in [0, 0.05) is 11.6 Å². The van der Waals surface area contributed by atoms with Crippen LogP contribution in [0.3, 0.4) is 0 Å². The van der Waals surface area contributed by atoms with Crippen molar-refractivity contribution in [2.45, 2.75) is 6.54 Å². The molecular formula is C16H9F3N4. The molecule has 23 heavy (non-hydrogen) atoms. The van der Waals surface area contributed by atoms with Crippen LogP contribution in [-0.4, -0.2) is 15.0 Å². The summed E-state index contributed by atoms with van der Waals surface area (Å²) in [6.45, 7) is 0.212. The van der Waals surface area contributed by atoms with Crippen molar-refractivity contribution in [3.63, 3.8) is 0 Å². The first-order chi connectivity index (χ1) is 11.1. The predicted molar refractivity (Wildman–Crippen MR) is 75.6 cm³/mol. The van der Waals surface area contributed by atoms with Gasteiger partial charge in [-0.05, 0) is 11.6 Å². The average molecular weight is 314 g/mol. The predicted octanol–water partition coefficient (Wildman–Crippen LogP) is 3.28. The molecular weight excluding hydrogens is 305 g/mol. The van der Waals surface area contributed by atoms with Crippen molar-refractivity contribution in [2.75, 3.05) is 0 Å². The van der Waals surface area contributed by atoms with Gasteiger partial charge in [0.15, 0.2) is 17.3 Å². The fourth-order valence-corrected chi connectivity index (χ4v) is 2.23. The quantitative estimate of drug-likeness (QED) is 0.697. The highest BCUT2D eigenvalue weighted by molar-refractivity contribution is 5.65. The summed E-state index contributed by atoms with van der Waals surface area (Å²) in [6, 6.07) is 12.0. The third-order valence-corrected chi connectivity index (χ3v) is 3.28. The molecule has 3 aromatic rings. The highest BCUT2D eigenvalue weighted by Gasteiger charge is 2.20. The molecule has 0 aliphatic carbocycles. The minimum Gasteiger partial charge on any atom is -0.239 e. The fourth-order valence-electron chi connectivity index (χ4n) is 2.23. The Bertz CT molecular complexity index is 898. The molecule has 0 saturated heterocycles. The number of rotatable bonds is 3. The van der Waals surface area contributed by atoms with E-state index in [2.05, 4.69) is 10.3 Å². The van der Waals surface area contributed by atoms with Crippen molar-refractivity contribution in [1.29, 1.82) is 5.26 Å². The normalized spacial score (nSPS) is 10.5. The summed E-state index contributed by atoms with van der Waals surface area (Å²) < 4.78 is 41.9.